The Morgan fingerprint density at radius 2 is 1.12 bits per heavy atom. The molecule has 1 aliphatic carbocycles. The molecule has 2 heteroatoms. The van der Waals surface area contributed by atoms with Crippen LogP contribution in [0.5, 0.6) is 5.75 Å². The molecule has 0 spiro atoms. The number of ether oxygens (including phenoxy) is 1. The van der Waals surface area contributed by atoms with Crippen molar-refractivity contribution in [1.82, 2.24) is 0 Å². The van der Waals surface area contributed by atoms with Gasteiger partial charge in [0.1, 0.15) is 11.4 Å². The van der Waals surface area contributed by atoms with Crippen LogP contribution < -0.4 is 4.74 Å². The van der Waals surface area contributed by atoms with Gasteiger partial charge in [0.25, 0.3) is 0 Å². The zero-order chi connectivity index (χ0) is 17.8. The van der Waals surface area contributed by atoms with Gasteiger partial charge in [-0.15, -0.1) is 0 Å². The molecule has 1 fully saturated rings. The molecule has 0 radical (unpaired) electrons. The highest BCUT2D eigenvalue weighted by Gasteiger charge is 2.31. The monoisotopic (exact) mass is 361 g/mol. The fraction of sp³-hybridized carbons (Fsp3) is 0.250. The highest BCUT2D eigenvalue weighted by Crippen LogP contribution is 2.36. The molecule has 0 unspecified atom stereocenters. The minimum Gasteiger partial charge on any atom is -0.488 e. The van der Waals surface area contributed by atoms with Crippen LogP contribution >= 0.6 is 0 Å². The van der Waals surface area contributed by atoms with E-state index in [0.717, 1.165) is 18.6 Å². The van der Waals surface area contributed by atoms with Crippen LogP contribution in [0, 0.1) is 0 Å². The molecule has 0 bridgehead atoms. The normalized spacial score (nSPS) is 15.9. The third-order valence-electron chi connectivity index (χ3n) is 5.04. The summed E-state index contributed by atoms with van der Waals surface area (Å²) in [5, 5.41) is 0. The first-order chi connectivity index (χ1) is 12.7. The summed E-state index contributed by atoms with van der Waals surface area (Å²) < 4.78 is 6.31. The summed E-state index contributed by atoms with van der Waals surface area (Å²) in [5.41, 5.74) is 0.0159. The summed E-state index contributed by atoms with van der Waals surface area (Å²) >= 11 is 0. The second-order valence-corrected chi connectivity index (χ2v) is 9.19. The fourth-order valence-corrected chi connectivity index (χ4v) is 5.76. The summed E-state index contributed by atoms with van der Waals surface area (Å²) in [6, 6.07) is 30.3. The molecule has 0 amide bonds. The summed E-state index contributed by atoms with van der Waals surface area (Å²) in [7, 11) is -0.0928. The Balaban J connectivity index is 1.64. The predicted molar refractivity (Wildman–Crippen MR) is 109 cm³/mol. The highest BCUT2D eigenvalue weighted by atomic mass is 32.2. The minimum absolute atomic E-state index is 0.0159. The summed E-state index contributed by atoms with van der Waals surface area (Å²) in [4.78, 5) is 4.01. The van der Waals surface area contributed by atoms with E-state index in [9.17, 15) is 0 Å². The van der Waals surface area contributed by atoms with E-state index in [1.807, 2.05) is 0 Å². The van der Waals surface area contributed by atoms with E-state index in [0.29, 0.717) is 0 Å². The number of benzene rings is 3. The van der Waals surface area contributed by atoms with Crippen molar-refractivity contribution >= 4 is 10.9 Å². The van der Waals surface area contributed by atoms with Crippen molar-refractivity contribution in [1.29, 1.82) is 0 Å². The molecule has 0 N–H and O–H groups in total. The number of hydrogen-bond acceptors (Lipinski definition) is 1. The van der Waals surface area contributed by atoms with Crippen molar-refractivity contribution in [2.24, 2.45) is 0 Å². The van der Waals surface area contributed by atoms with Gasteiger partial charge < -0.3 is 4.74 Å². The van der Waals surface area contributed by atoms with Gasteiger partial charge in [-0.3, -0.25) is 0 Å². The van der Waals surface area contributed by atoms with Crippen LogP contribution in [0.3, 0.4) is 0 Å². The zero-order valence-electron chi connectivity index (χ0n) is 15.2. The first kappa shape index (κ1) is 17.2. The second-order valence-electron chi connectivity index (χ2n) is 7.16. The Bertz CT molecular complexity index is 782. The fourth-order valence-electron chi connectivity index (χ4n) is 3.67. The molecule has 1 saturated carbocycles. The van der Waals surface area contributed by atoms with Crippen molar-refractivity contribution in [2.75, 3.05) is 0 Å². The molecule has 0 aromatic heterocycles. The van der Waals surface area contributed by atoms with Gasteiger partial charge in [0.15, 0.2) is 14.7 Å². The SMILES string of the molecule is CC1(Oc2ccc([S+](c3ccccc3)c3ccccc3)cc2)CCCC1. The van der Waals surface area contributed by atoms with Crippen LogP contribution in [-0.2, 0) is 10.9 Å². The Kier molecular flexibility index (Phi) is 5.03. The molecule has 0 atom stereocenters. The standard InChI is InChI=1S/C24H25OS/c1-24(18-8-9-19-24)25-20-14-16-23(17-15-20)26(21-10-4-2-5-11-21)22-12-6-3-7-13-22/h2-7,10-17H,8-9,18-19H2,1H3/q+1. The van der Waals surface area contributed by atoms with Crippen LogP contribution in [0.2, 0.25) is 0 Å². The van der Waals surface area contributed by atoms with Gasteiger partial charge in [-0.05, 0) is 81.1 Å². The van der Waals surface area contributed by atoms with Crippen molar-refractivity contribution < 1.29 is 4.74 Å². The maximum absolute atomic E-state index is 6.31. The van der Waals surface area contributed by atoms with Crippen molar-refractivity contribution in [2.45, 2.75) is 52.9 Å². The van der Waals surface area contributed by atoms with E-state index < -0.39 is 0 Å². The van der Waals surface area contributed by atoms with Crippen molar-refractivity contribution in [3.05, 3.63) is 84.9 Å². The third kappa shape index (κ3) is 3.81. The van der Waals surface area contributed by atoms with Crippen molar-refractivity contribution in [3.63, 3.8) is 0 Å². The van der Waals surface area contributed by atoms with Crippen LogP contribution in [0.25, 0.3) is 0 Å². The molecule has 3 aromatic rings. The molecule has 4 rings (SSSR count). The lowest BCUT2D eigenvalue weighted by molar-refractivity contribution is 0.0967. The Labute approximate surface area is 159 Å². The first-order valence-electron chi connectivity index (χ1n) is 9.37. The lowest BCUT2D eigenvalue weighted by atomic mass is 10.1. The molecule has 3 aromatic carbocycles. The van der Waals surface area contributed by atoms with Gasteiger partial charge >= 0.3 is 0 Å². The molecule has 0 aliphatic heterocycles. The first-order valence-corrected chi connectivity index (χ1v) is 10.6. The van der Waals surface area contributed by atoms with E-state index in [-0.39, 0.29) is 16.5 Å². The van der Waals surface area contributed by atoms with Crippen LogP contribution in [-0.4, -0.2) is 5.60 Å². The van der Waals surface area contributed by atoms with Gasteiger partial charge in [0, 0.05) is 0 Å². The van der Waals surface area contributed by atoms with E-state index >= 15 is 0 Å². The summed E-state index contributed by atoms with van der Waals surface area (Å²) in [6.07, 6.45) is 4.88. The molecule has 26 heavy (non-hydrogen) atoms. The van der Waals surface area contributed by atoms with E-state index in [2.05, 4.69) is 91.9 Å². The Hall–Kier alpha value is -2.19. The average Bonchev–Trinajstić information content (AvgIpc) is 3.11. The maximum atomic E-state index is 6.31. The zero-order valence-corrected chi connectivity index (χ0v) is 16.0. The van der Waals surface area contributed by atoms with Crippen LogP contribution in [0.15, 0.2) is 99.6 Å². The van der Waals surface area contributed by atoms with E-state index in [1.54, 1.807) is 0 Å². The molecular formula is C24H25OS+. The highest BCUT2D eigenvalue weighted by molar-refractivity contribution is 7.97. The smallest absolute Gasteiger partial charge is 0.166 e. The van der Waals surface area contributed by atoms with Gasteiger partial charge in [0.05, 0.1) is 10.9 Å². The largest absolute Gasteiger partial charge is 0.488 e. The van der Waals surface area contributed by atoms with Crippen LogP contribution in [0.1, 0.15) is 32.6 Å². The van der Waals surface area contributed by atoms with Crippen molar-refractivity contribution in [3.8, 4) is 5.75 Å². The van der Waals surface area contributed by atoms with Gasteiger partial charge in [-0.1, -0.05) is 36.4 Å². The van der Waals surface area contributed by atoms with Gasteiger partial charge in [0.2, 0.25) is 0 Å². The number of rotatable bonds is 5. The molecule has 0 heterocycles. The Morgan fingerprint density at radius 3 is 1.62 bits per heavy atom. The van der Waals surface area contributed by atoms with Gasteiger partial charge in [-0.25, -0.2) is 0 Å². The third-order valence-corrected chi connectivity index (χ3v) is 7.27. The molecule has 132 valence electrons. The van der Waals surface area contributed by atoms with Gasteiger partial charge in [-0.2, -0.15) is 0 Å². The minimum atomic E-state index is -0.0928. The average molecular weight is 362 g/mol. The van der Waals surface area contributed by atoms with E-state index in [1.165, 1.54) is 27.5 Å². The lowest BCUT2D eigenvalue weighted by Crippen LogP contribution is -2.27. The maximum Gasteiger partial charge on any atom is 0.166 e. The van der Waals surface area contributed by atoms with E-state index in [4.69, 9.17) is 4.74 Å². The Morgan fingerprint density at radius 1 is 0.654 bits per heavy atom. The number of hydrogen-bond donors (Lipinski definition) is 0. The second kappa shape index (κ2) is 7.59. The molecule has 0 saturated heterocycles. The summed E-state index contributed by atoms with van der Waals surface area (Å²) in [5.74, 6) is 0.989. The van der Waals surface area contributed by atoms with Crippen LogP contribution in [0.4, 0.5) is 0 Å². The predicted octanol–water partition coefficient (Wildman–Crippen LogP) is 6.49. The lowest BCUT2D eigenvalue weighted by Gasteiger charge is -2.25. The quantitative estimate of drug-likeness (QED) is 0.472. The molecular weight excluding hydrogens is 336 g/mol. The summed E-state index contributed by atoms with van der Waals surface area (Å²) in [6.45, 7) is 2.24. The topological polar surface area (TPSA) is 9.23 Å². The molecule has 1 aliphatic rings. The molecule has 1 nitrogen and oxygen atoms in total.